The van der Waals surface area contributed by atoms with Crippen molar-refractivity contribution >= 4 is 36.3 Å². The number of hydrogen-bond donors (Lipinski definition) is 8. The van der Waals surface area contributed by atoms with Crippen LogP contribution >= 0.6 is 12.6 Å². The monoisotopic (exact) mass is 449 g/mol. The number of carbonyl (C=O) groups is 4. The van der Waals surface area contributed by atoms with Crippen LogP contribution in [0.3, 0.4) is 0 Å². The van der Waals surface area contributed by atoms with Gasteiger partial charge in [0.05, 0.1) is 12.1 Å². The molecule has 0 saturated carbocycles. The lowest BCUT2D eigenvalue weighted by atomic mass is 10.0. The number of aliphatic hydroxyl groups is 1. The van der Waals surface area contributed by atoms with E-state index in [2.05, 4.69) is 28.6 Å². The van der Waals surface area contributed by atoms with Crippen molar-refractivity contribution in [1.29, 1.82) is 0 Å². The van der Waals surface area contributed by atoms with Crippen LogP contribution in [0, 0.1) is 5.92 Å². The SMILES string of the molecule is CC(C)C(NC(=O)C(NC(=O)C(CCCCN)NC(=O)C(N)CS)C(C)O)C(=O)O. The van der Waals surface area contributed by atoms with Crippen molar-refractivity contribution in [3.63, 3.8) is 0 Å². The summed E-state index contributed by atoms with van der Waals surface area (Å²) in [7, 11) is 0. The van der Waals surface area contributed by atoms with E-state index in [4.69, 9.17) is 11.5 Å². The lowest BCUT2D eigenvalue weighted by Crippen LogP contribution is -2.60. The van der Waals surface area contributed by atoms with Gasteiger partial charge in [-0.05, 0) is 38.6 Å². The Hall–Kier alpha value is -1.89. The topological polar surface area (TPSA) is 197 Å². The molecule has 0 aliphatic heterocycles. The van der Waals surface area contributed by atoms with E-state index in [0.717, 1.165) is 0 Å². The molecule has 0 heterocycles. The van der Waals surface area contributed by atoms with Crippen molar-refractivity contribution < 1.29 is 29.4 Å². The fourth-order valence-corrected chi connectivity index (χ4v) is 2.70. The molecule has 0 aromatic heterocycles. The number of carboxylic acid groups (broad SMARTS) is 1. The summed E-state index contributed by atoms with van der Waals surface area (Å²) in [4.78, 5) is 48.7. The van der Waals surface area contributed by atoms with Crippen molar-refractivity contribution in [2.45, 2.75) is 70.3 Å². The number of unbranched alkanes of at least 4 members (excludes halogenated alkanes) is 1. The van der Waals surface area contributed by atoms with E-state index in [1.54, 1.807) is 13.8 Å². The van der Waals surface area contributed by atoms with Gasteiger partial charge >= 0.3 is 5.97 Å². The van der Waals surface area contributed by atoms with E-state index in [9.17, 15) is 29.4 Å². The molecule has 5 unspecified atom stereocenters. The second kappa shape index (κ2) is 14.2. The molecule has 12 heteroatoms. The molecule has 11 nitrogen and oxygen atoms in total. The quantitative estimate of drug-likeness (QED) is 0.109. The summed E-state index contributed by atoms with van der Waals surface area (Å²) < 4.78 is 0. The van der Waals surface area contributed by atoms with Gasteiger partial charge in [0.25, 0.3) is 0 Å². The molecule has 0 aliphatic carbocycles. The van der Waals surface area contributed by atoms with E-state index in [-0.39, 0.29) is 12.2 Å². The van der Waals surface area contributed by atoms with Crippen LogP contribution in [0.5, 0.6) is 0 Å². The molecular formula is C18H35N5O6S. The predicted octanol–water partition coefficient (Wildman–Crippen LogP) is -2.05. The lowest BCUT2D eigenvalue weighted by molar-refractivity contribution is -0.144. The first-order chi connectivity index (χ1) is 14.0. The minimum Gasteiger partial charge on any atom is -0.480 e. The molecule has 9 N–H and O–H groups in total. The van der Waals surface area contributed by atoms with Crippen molar-refractivity contribution in [2.75, 3.05) is 12.3 Å². The van der Waals surface area contributed by atoms with Gasteiger partial charge in [-0.3, -0.25) is 14.4 Å². The molecule has 0 aliphatic rings. The number of amides is 3. The van der Waals surface area contributed by atoms with Crippen LogP contribution in [-0.2, 0) is 19.2 Å². The van der Waals surface area contributed by atoms with Crippen LogP contribution in [0.4, 0.5) is 0 Å². The highest BCUT2D eigenvalue weighted by Crippen LogP contribution is 2.06. The van der Waals surface area contributed by atoms with Crippen LogP contribution in [0.15, 0.2) is 0 Å². The van der Waals surface area contributed by atoms with Crippen LogP contribution in [0.1, 0.15) is 40.0 Å². The Kier molecular flexibility index (Phi) is 13.3. The van der Waals surface area contributed by atoms with Gasteiger partial charge in [-0.25, -0.2) is 4.79 Å². The fraction of sp³-hybridized carbons (Fsp3) is 0.778. The van der Waals surface area contributed by atoms with Crippen molar-refractivity contribution in [3.8, 4) is 0 Å². The zero-order valence-corrected chi connectivity index (χ0v) is 18.5. The van der Waals surface area contributed by atoms with Gasteiger partial charge < -0.3 is 37.6 Å². The van der Waals surface area contributed by atoms with E-state index < -0.39 is 59.9 Å². The molecule has 0 radical (unpaired) electrons. The third-order valence-corrected chi connectivity index (χ3v) is 4.80. The van der Waals surface area contributed by atoms with Gasteiger partial charge in [0, 0.05) is 5.75 Å². The standard InChI is InChI=1S/C18H35N5O6S/c1-9(2)13(18(28)29)22-17(27)14(10(3)24)23-16(26)12(6-4-5-7-19)21-15(25)11(20)8-30/h9-14,24,30H,4-8,19-20H2,1-3H3,(H,21,25)(H,22,27)(H,23,26)(H,28,29). The highest BCUT2D eigenvalue weighted by atomic mass is 32.1. The maximum absolute atomic E-state index is 12.7. The van der Waals surface area contributed by atoms with Crippen molar-refractivity contribution in [3.05, 3.63) is 0 Å². The Morgan fingerprint density at radius 1 is 0.933 bits per heavy atom. The summed E-state index contributed by atoms with van der Waals surface area (Å²) in [6, 6.07) is -4.53. The van der Waals surface area contributed by atoms with Gasteiger partial charge in [-0.2, -0.15) is 12.6 Å². The summed E-state index contributed by atoms with van der Waals surface area (Å²) in [5.74, 6) is -3.71. The average molecular weight is 450 g/mol. The van der Waals surface area contributed by atoms with E-state index in [0.29, 0.717) is 19.4 Å². The zero-order chi connectivity index (χ0) is 23.4. The Labute approximate surface area is 182 Å². The molecule has 0 aromatic rings. The largest absolute Gasteiger partial charge is 0.480 e. The summed E-state index contributed by atoms with van der Waals surface area (Å²) >= 11 is 3.95. The number of aliphatic carboxylic acids is 1. The van der Waals surface area contributed by atoms with Gasteiger partial charge in [0.2, 0.25) is 17.7 Å². The van der Waals surface area contributed by atoms with E-state index in [1.165, 1.54) is 6.92 Å². The maximum Gasteiger partial charge on any atom is 0.326 e. The summed E-state index contributed by atoms with van der Waals surface area (Å²) in [6.45, 7) is 4.92. The number of nitrogens with two attached hydrogens (primary N) is 2. The molecule has 0 spiro atoms. The minimum absolute atomic E-state index is 0.0768. The highest BCUT2D eigenvalue weighted by molar-refractivity contribution is 7.80. The third-order valence-electron chi connectivity index (χ3n) is 4.41. The first kappa shape index (κ1) is 28.1. The Morgan fingerprint density at radius 3 is 1.93 bits per heavy atom. The second-order valence-corrected chi connectivity index (χ2v) is 7.80. The van der Waals surface area contributed by atoms with Crippen molar-refractivity contribution in [1.82, 2.24) is 16.0 Å². The summed E-state index contributed by atoms with van der Waals surface area (Å²) in [5, 5.41) is 26.4. The Bertz CT molecular complexity index is 589. The first-order valence-electron chi connectivity index (χ1n) is 9.84. The van der Waals surface area contributed by atoms with E-state index in [1.807, 2.05) is 0 Å². The molecule has 0 rings (SSSR count). The number of carboxylic acids is 1. The summed E-state index contributed by atoms with van der Waals surface area (Å²) in [6.07, 6.45) is 0.0835. The smallest absolute Gasteiger partial charge is 0.326 e. The van der Waals surface area contributed by atoms with E-state index >= 15 is 0 Å². The molecule has 5 atom stereocenters. The van der Waals surface area contributed by atoms with Crippen molar-refractivity contribution in [2.24, 2.45) is 17.4 Å². The number of nitrogens with one attached hydrogen (secondary N) is 3. The van der Waals surface area contributed by atoms with Gasteiger partial charge in [-0.15, -0.1) is 0 Å². The normalized spacial score (nSPS) is 16.1. The molecule has 3 amide bonds. The summed E-state index contributed by atoms with van der Waals surface area (Å²) in [5.41, 5.74) is 11.1. The number of rotatable bonds is 14. The van der Waals surface area contributed by atoms with Gasteiger partial charge in [0.15, 0.2) is 0 Å². The molecule has 0 fully saturated rings. The molecule has 0 saturated heterocycles. The Balaban J connectivity index is 5.35. The predicted molar refractivity (Wildman–Crippen MR) is 115 cm³/mol. The molecule has 0 aromatic carbocycles. The molecule has 174 valence electrons. The lowest BCUT2D eigenvalue weighted by Gasteiger charge is -2.27. The number of carbonyl (C=O) groups excluding carboxylic acids is 3. The fourth-order valence-electron chi connectivity index (χ4n) is 2.54. The minimum atomic E-state index is -1.41. The van der Waals surface area contributed by atoms with Crippen LogP contribution in [0.25, 0.3) is 0 Å². The number of hydrogen-bond acceptors (Lipinski definition) is 8. The highest BCUT2D eigenvalue weighted by Gasteiger charge is 2.33. The van der Waals surface area contributed by atoms with Gasteiger partial charge in [-0.1, -0.05) is 13.8 Å². The molecular weight excluding hydrogens is 414 g/mol. The first-order valence-corrected chi connectivity index (χ1v) is 10.5. The van der Waals surface area contributed by atoms with Gasteiger partial charge in [0.1, 0.15) is 18.1 Å². The number of aliphatic hydroxyl groups excluding tert-OH is 1. The van der Waals surface area contributed by atoms with Crippen LogP contribution < -0.4 is 27.4 Å². The van der Waals surface area contributed by atoms with Crippen LogP contribution in [0.2, 0.25) is 0 Å². The third kappa shape index (κ3) is 9.74. The Morgan fingerprint density at radius 2 is 1.50 bits per heavy atom. The average Bonchev–Trinajstić information content (AvgIpc) is 2.67. The number of thiol groups is 1. The second-order valence-electron chi connectivity index (χ2n) is 7.43. The maximum atomic E-state index is 12.7. The molecule has 30 heavy (non-hydrogen) atoms. The molecule has 0 bridgehead atoms. The van der Waals surface area contributed by atoms with Crippen LogP contribution in [-0.4, -0.2) is 76.5 Å². The zero-order valence-electron chi connectivity index (χ0n) is 17.6.